The number of rotatable bonds is 4. The highest BCUT2D eigenvalue weighted by molar-refractivity contribution is 5.86. The number of carbonyl (C=O) groups is 1. The Morgan fingerprint density at radius 1 is 1.13 bits per heavy atom. The molecule has 1 fully saturated rings. The number of alkyl halides is 3. The molecule has 7 heteroatoms. The van der Waals surface area contributed by atoms with Crippen LogP contribution in [0.5, 0.6) is 0 Å². The molecule has 2 heterocycles. The maximum Gasteiger partial charge on any atom is 0.418 e. The van der Waals surface area contributed by atoms with Crippen LogP contribution in [-0.4, -0.2) is 30.2 Å². The lowest BCUT2D eigenvalue weighted by atomic mass is 9.81. The van der Waals surface area contributed by atoms with Gasteiger partial charge in [0.25, 0.3) is 0 Å². The first kappa shape index (κ1) is 20.3. The van der Waals surface area contributed by atoms with Gasteiger partial charge >= 0.3 is 12.1 Å². The van der Waals surface area contributed by atoms with Crippen molar-refractivity contribution in [2.24, 2.45) is 5.41 Å². The number of nitrogens with zero attached hydrogens (tertiary/aromatic N) is 2. The van der Waals surface area contributed by atoms with Crippen molar-refractivity contribution in [1.29, 1.82) is 0 Å². The third-order valence-electron chi connectivity index (χ3n) is 5.56. The SMILES string of the molecule is CCOC(=O)C1(C)CN(c2cc(C)cc(-n3cc(C(F)(F)F)c4ccccc43)c2)C1. The molecule has 0 saturated carbocycles. The van der Waals surface area contributed by atoms with E-state index in [1.807, 2.05) is 36.9 Å². The Morgan fingerprint density at radius 3 is 2.47 bits per heavy atom. The fourth-order valence-corrected chi connectivity index (χ4v) is 4.10. The van der Waals surface area contributed by atoms with Crippen LogP contribution in [0.25, 0.3) is 16.6 Å². The second-order valence-corrected chi connectivity index (χ2v) is 8.09. The molecule has 0 amide bonds. The van der Waals surface area contributed by atoms with Gasteiger partial charge in [-0.1, -0.05) is 18.2 Å². The lowest BCUT2D eigenvalue weighted by molar-refractivity contribution is -0.155. The number of halogens is 3. The minimum absolute atomic E-state index is 0.173. The smallest absolute Gasteiger partial charge is 0.418 e. The molecule has 0 bridgehead atoms. The van der Waals surface area contributed by atoms with E-state index in [9.17, 15) is 18.0 Å². The number of hydrogen-bond acceptors (Lipinski definition) is 3. The van der Waals surface area contributed by atoms with Crippen LogP contribution >= 0.6 is 0 Å². The predicted octanol–water partition coefficient (Wildman–Crippen LogP) is 5.35. The van der Waals surface area contributed by atoms with E-state index < -0.39 is 17.2 Å². The van der Waals surface area contributed by atoms with Gasteiger partial charge in [0.05, 0.1) is 23.1 Å². The minimum Gasteiger partial charge on any atom is -0.465 e. The fraction of sp³-hybridized carbons (Fsp3) is 0.348. The number of anilines is 1. The van der Waals surface area contributed by atoms with E-state index in [1.54, 1.807) is 29.7 Å². The van der Waals surface area contributed by atoms with Crippen LogP contribution in [0, 0.1) is 12.3 Å². The topological polar surface area (TPSA) is 34.5 Å². The number of aryl methyl sites for hydroxylation is 1. The van der Waals surface area contributed by atoms with E-state index in [0.717, 1.165) is 17.4 Å². The maximum atomic E-state index is 13.6. The van der Waals surface area contributed by atoms with Gasteiger partial charge in [-0.05, 0) is 50.6 Å². The standard InChI is InChI=1S/C23H23F3N2O2/c1-4-30-21(29)22(3)13-27(14-22)16-9-15(2)10-17(11-16)28-12-19(23(24,25)26)18-7-5-6-8-20(18)28/h5-12H,4,13-14H2,1-3H3. The van der Waals surface area contributed by atoms with Gasteiger partial charge in [-0.25, -0.2) is 0 Å². The van der Waals surface area contributed by atoms with Gasteiger partial charge in [0.1, 0.15) is 0 Å². The van der Waals surface area contributed by atoms with Crippen molar-refractivity contribution in [2.45, 2.75) is 26.9 Å². The zero-order valence-corrected chi connectivity index (χ0v) is 17.1. The molecule has 4 rings (SSSR count). The lowest BCUT2D eigenvalue weighted by Gasteiger charge is -2.47. The molecule has 0 unspecified atom stereocenters. The average molecular weight is 416 g/mol. The molecule has 4 nitrogen and oxygen atoms in total. The van der Waals surface area contributed by atoms with Crippen molar-refractivity contribution in [3.8, 4) is 5.69 Å². The number of benzene rings is 2. The Balaban J connectivity index is 1.72. The fourth-order valence-electron chi connectivity index (χ4n) is 4.10. The quantitative estimate of drug-likeness (QED) is 0.538. The summed E-state index contributed by atoms with van der Waals surface area (Å²) >= 11 is 0. The third kappa shape index (κ3) is 3.42. The van der Waals surface area contributed by atoms with Crippen LogP contribution in [-0.2, 0) is 15.7 Å². The van der Waals surface area contributed by atoms with Crippen molar-refractivity contribution in [2.75, 3.05) is 24.6 Å². The summed E-state index contributed by atoms with van der Waals surface area (Å²) in [6.45, 7) is 6.91. The summed E-state index contributed by atoms with van der Waals surface area (Å²) in [7, 11) is 0. The van der Waals surface area contributed by atoms with E-state index in [2.05, 4.69) is 0 Å². The van der Waals surface area contributed by atoms with Crippen molar-refractivity contribution in [3.63, 3.8) is 0 Å². The molecule has 3 aromatic rings. The van der Waals surface area contributed by atoms with E-state index in [1.165, 1.54) is 6.07 Å². The van der Waals surface area contributed by atoms with E-state index in [0.29, 0.717) is 30.9 Å². The molecule has 1 aromatic heterocycles. The summed E-state index contributed by atoms with van der Waals surface area (Å²) < 4.78 is 47.4. The average Bonchev–Trinajstić information content (AvgIpc) is 3.05. The summed E-state index contributed by atoms with van der Waals surface area (Å²) in [6.07, 6.45) is -3.28. The van der Waals surface area contributed by atoms with Gasteiger partial charge in [0.15, 0.2) is 0 Å². The first-order chi connectivity index (χ1) is 14.1. The van der Waals surface area contributed by atoms with Gasteiger partial charge in [0, 0.05) is 36.0 Å². The van der Waals surface area contributed by atoms with Crippen LogP contribution in [0.3, 0.4) is 0 Å². The monoisotopic (exact) mass is 416 g/mol. The number of carbonyl (C=O) groups excluding carboxylic acids is 1. The molecule has 0 spiro atoms. The molecule has 158 valence electrons. The van der Waals surface area contributed by atoms with E-state index in [4.69, 9.17) is 4.74 Å². The number of para-hydroxylation sites is 1. The Bertz CT molecular complexity index is 1110. The molecule has 0 radical (unpaired) electrons. The first-order valence-electron chi connectivity index (χ1n) is 9.84. The largest absolute Gasteiger partial charge is 0.465 e. The predicted molar refractivity (Wildman–Crippen MR) is 110 cm³/mol. The second-order valence-electron chi connectivity index (χ2n) is 8.09. The molecule has 0 N–H and O–H groups in total. The summed E-state index contributed by atoms with van der Waals surface area (Å²) in [5.74, 6) is -0.222. The van der Waals surface area contributed by atoms with Crippen LogP contribution in [0.2, 0.25) is 0 Å². The summed E-state index contributed by atoms with van der Waals surface area (Å²) in [5, 5.41) is 0.173. The third-order valence-corrected chi connectivity index (χ3v) is 5.56. The van der Waals surface area contributed by atoms with Crippen LogP contribution in [0.1, 0.15) is 25.0 Å². The molecule has 0 atom stereocenters. The van der Waals surface area contributed by atoms with Crippen molar-refractivity contribution in [1.82, 2.24) is 4.57 Å². The molecule has 1 saturated heterocycles. The minimum atomic E-state index is -4.43. The lowest BCUT2D eigenvalue weighted by Crippen LogP contribution is -2.59. The highest BCUT2D eigenvalue weighted by Crippen LogP contribution is 2.39. The van der Waals surface area contributed by atoms with E-state index in [-0.39, 0.29) is 11.4 Å². The van der Waals surface area contributed by atoms with E-state index >= 15 is 0 Å². The number of aromatic nitrogens is 1. The Morgan fingerprint density at radius 2 is 1.80 bits per heavy atom. The molecule has 30 heavy (non-hydrogen) atoms. The Hall–Kier alpha value is -2.96. The van der Waals surface area contributed by atoms with Crippen LogP contribution < -0.4 is 4.90 Å². The summed E-state index contributed by atoms with van der Waals surface area (Å²) in [5.41, 5.74) is 1.74. The zero-order valence-electron chi connectivity index (χ0n) is 17.1. The number of esters is 1. The second kappa shape index (κ2) is 7.07. The van der Waals surface area contributed by atoms with Gasteiger partial charge in [0.2, 0.25) is 0 Å². The number of fused-ring (bicyclic) bond motifs is 1. The van der Waals surface area contributed by atoms with Gasteiger partial charge in [-0.2, -0.15) is 13.2 Å². The zero-order chi connectivity index (χ0) is 21.7. The molecule has 1 aliphatic heterocycles. The molecule has 0 aliphatic carbocycles. The normalized spacial score (nSPS) is 15.9. The highest BCUT2D eigenvalue weighted by Gasteiger charge is 2.46. The summed E-state index contributed by atoms with van der Waals surface area (Å²) in [6, 6.07) is 12.2. The number of hydrogen-bond donors (Lipinski definition) is 0. The van der Waals surface area contributed by atoms with Gasteiger partial charge in [-0.3, -0.25) is 4.79 Å². The maximum absolute atomic E-state index is 13.6. The Kier molecular flexibility index (Phi) is 4.79. The molecule has 1 aliphatic rings. The highest BCUT2D eigenvalue weighted by atomic mass is 19.4. The van der Waals surface area contributed by atoms with Crippen molar-refractivity contribution >= 4 is 22.6 Å². The molecular formula is C23H23F3N2O2. The van der Waals surface area contributed by atoms with Crippen LogP contribution in [0.15, 0.2) is 48.7 Å². The van der Waals surface area contributed by atoms with Crippen molar-refractivity contribution in [3.05, 3.63) is 59.8 Å². The summed E-state index contributed by atoms with van der Waals surface area (Å²) in [4.78, 5) is 14.2. The van der Waals surface area contributed by atoms with Gasteiger partial charge in [-0.15, -0.1) is 0 Å². The first-order valence-corrected chi connectivity index (χ1v) is 9.84. The van der Waals surface area contributed by atoms with Crippen molar-refractivity contribution < 1.29 is 22.7 Å². The molecular weight excluding hydrogens is 393 g/mol. The molecule has 2 aromatic carbocycles. The van der Waals surface area contributed by atoms with Crippen LogP contribution in [0.4, 0.5) is 18.9 Å². The Labute approximate surface area is 172 Å². The number of ether oxygens (including phenoxy) is 1. The van der Waals surface area contributed by atoms with Gasteiger partial charge < -0.3 is 14.2 Å².